The molecule has 0 N–H and O–H groups in total. The van der Waals surface area contributed by atoms with Gasteiger partial charge in [0.05, 0.1) is 16.6 Å². The first-order chi connectivity index (χ1) is 11.6. The monoisotopic (exact) mass is 356 g/mol. The zero-order chi connectivity index (χ0) is 17.1. The molecule has 24 heavy (non-hydrogen) atoms. The van der Waals surface area contributed by atoms with Gasteiger partial charge in [0.2, 0.25) is 0 Å². The van der Waals surface area contributed by atoms with Crippen molar-refractivity contribution in [3.05, 3.63) is 58.4 Å². The largest absolute Gasteiger partial charge is 0.319 e. The van der Waals surface area contributed by atoms with Crippen LogP contribution in [0, 0.1) is 0 Å². The molecule has 0 aliphatic heterocycles. The van der Waals surface area contributed by atoms with Crippen LogP contribution in [0.1, 0.15) is 18.1 Å². The van der Waals surface area contributed by atoms with Gasteiger partial charge in [-0.25, -0.2) is 0 Å². The first kappa shape index (κ1) is 17.0. The third-order valence-electron chi connectivity index (χ3n) is 4.02. The minimum absolute atomic E-state index is 0.107. The Morgan fingerprint density at radius 1 is 1.17 bits per heavy atom. The molecule has 0 atom stereocenters. The number of amides is 1. The number of thiazole rings is 1. The number of aryl methyl sites for hydroxylation is 2. The Morgan fingerprint density at radius 2 is 1.88 bits per heavy atom. The fourth-order valence-electron chi connectivity index (χ4n) is 2.57. The van der Waals surface area contributed by atoms with E-state index >= 15 is 0 Å². The summed E-state index contributed by atoms with van der Waals surface area (Å²) in [5, 5.41) is 0. The second kappa shape index (κ2) is 7.36. The maximum Gasteiger partial charge on any atom is 0.252 e. The minimum Gasteiger partial charge on any atom is -0.319 e. The van der Waals surface area contributed by atoms with Crippen molar-refractivity contribution in [1.29, 1.82) is 0 Å². The molecule has 0 saturated heterocycles. The van der Waals surface area contributed by atoms with E-state index in [-0.39, 0.29) is 5.91 Å². The topological polar surface area (TPSA) is 34.4 Å². The zero-order valence-electron chi connectivity index (χ0n) is 14.1. The first-order valence-corrected chi connectivity index (χ1v) is 9.93. The van der Waals surface area contributed by atoms with E-state index in [1.807, 2.05) is 42.1 Å². The van der Waals surface area contributed by atoms with Crippen molar-refractivity contribution in [1.82, 2.24) is 4.57 Å². The average Bonchev–Trinajstić information content (AvgIpc) is 2.90. The second-order valence-corrected chi connectivity index (χ2v) is 7.52. The smallest absolute Gasteiger partial charge is 0.252 e. The van der Waals surface area contributed by atoms with E-state index in [2.05, 4.69) is 30.1 Å². The van der Waals surface area contributed by atoms with Crippen LogP contribution in [-0.2, 0) is 24.7 Å². The van der Waals surface area contributed by atoms with Crippen LogP contribution in [0.4, 0.5) is 0 Å². The zero-order valence-corrected chi connectivity index (χ0v) is 15.7. The van der Waals surface area contributed by atoms with Crippen LogP contribution >= 0.6 is 23.1 Å². The highest BCUT2D eigenvalue weighted by Crippen LogP contribution is 2.19. The van der Waals surface area contributed by atoms with Crippen molar-refractivity contribution < 1.29 is 4.79 Å². The maximum atomic E-state index is 12.3. The van der Waals surface area contributed by atoms with Crippen LogP contribution in [0.2, 0.25) is 0 Å². The number of thioether (sulfide) groups is 1. The van der Waals surface area contributed by atoms with Gasteiger partial charge in [-0.2, -0.15) is 4.99 Å². The molecule has 0 radical (unpaired) electrons. The van der Waals surface area contributed by atoms with E-state index in [0.29, 0.717) is 6.42 Å². The van der Waals surface area contributed by atoms with E-state index in [4.69, 9.17) is 0 Å². The van der Waals surface area contributed by atoms with Crippen LogP contribution in [0.25, 0.3) is 10.2 Å². The molecule has 3 rings (SSSR count). The SMILES string of the molecule is CCc1ccc2c(c1)sc(=NC(=O)Cc1ccc(SC)cc1)n2C. The summed E-state index contributed by atoms with van der Waals surface area (Å²) < 4.78 is 3.17. The number of rotatable bonds is 4. The Hall–Kier alpha value is -1.85. The summed E-state index contributed by atoms with van der Waals surface area (Å²) in [5.41, 5.74) is 3.42. The predicted molar refractivity (Wildman–Crippen MR) is 103 cm³/mol. The van der Waals surface area contributed by atoms with Crippen LogP contribution in [0.3, 0.4) is 0 Å². The van der Waals surface area contributed by atoms with Gasteiger partial charge in [0.1, 0.15) is 0 Å². The van der Waals surface area contributed by atoms with Gasteiger partial charge < -0.3 is 4.57 Å². The Bertz CT molecular complexity index is 936. The summed E-state index contributed by atoms with van der Waals surface area (Å²) >= 11 is 3.27. The third kappa shape index (κ3) is 3.62. The molecular weight excluding hydrogens is 336 g/mol. The summed E-state index contributed by atoms with van der Waals surface area (Å²) in [4.78, 5) is 18.6. The molecule has 124 valence electrons. The van der Waals surface area contributed by atoms with Gasteiger partial charge in [0, 0.05) is 11.9 Å². The minimum atomic E-state index is -0.107. The fraction of sp³-hybridized carbons (Fsp3) is 0.263. The Balaban J connectivity index is 1.87. The quantitative estimate of drug-likeness (QED) is 0.657. The number of hydrogen-bond donors (Lipinski definition) is 0. The van der Waals surface area contributed by atoms with Crippen molar-refractivity contribution in [3.8, 4) is 0 Å². The highest BCUT2D eigenvalue weighted by molar-refractivity contribution is 7.98. The molecule has 1 aromatic heterocycles. The lowest BCUT2D eigenvalue weighted by atomic mass is 10.1. The Kier molecular flexibility index (Phi) is 5.21. The van der Waals surface area contributed by atoms with Crippen molar-refractivity contribution in [3.63, 3.8) is 0 Å². The molecule has 0 saturated carbocycles. The maximum absolute atomic E-state index is 12.3. The molecule has 0 bridgehead atoms. The van der Waals surface area contributed by atoms with E-state index in [0.717, 1.165) is 22.3 Å². The van der Waals surface area contributed by atoms with Crippen molar-refractivity contribution in [2.75, 3.05) is 6.26 Å². The number of benzene rings is 2. The molecule has 0 unspecified atom stereocenters. The summed E-state index contributed by atoms with van der Waals surface area (Å²) in [6.45, 7) is 2.14. The lowest BCUT2D eigenvalue weighted by Crippen LogP contribution is -2.14. The van der Waals surface area contributed by atoms with Gasteiger partial charge >= 0.3 is 0 Å². The van der Waals surface area contributed by atoms with E-state index in [1.165, 1.54) is 15.2 Å². The molecule has 1 amide bonds. The lowest BCUT2D eigenvalue weighted by Gasteiger charge is -2.00. The number of hydrogen-bond acceptors (Lipinski definition) is 3. The first-order valence-electron chi connectivity index (χ1n) is 7.89. The van der Waals surface area contributed by atoms with Gasteiger partial charge in [-0.15, -0.1) is 11.8 Å². The molecule has 0 aliphatic rings. The Labute approximate surface area is 150 Å². The summed E-state index contributed by atoms with van der Waals surface area (Å²) in [5.74, 6) is -0.107. The normalized spacial score (nSPS) is 12.0. The number of aromatic nitrogens is 1. The highest BCUT2D eigenvalue weighted by atomic mass is 32.2. The molecule has 0 aliphatic carbocycles. The molecule has 0 fully saturated rings. The van der Waals surface area contributed by atoms with Gasteiger partial charge in [-0.05, 0) is 48.1 Å². The third-order valence-corrected chi connectivity index (χ3v) is 5.85. The predicted octanol–water partition coefficient (Wildman–Crippen LogP) is 4.19. The van der Waals surface area contributed by atoms with Crippen molar-refractivity contribution in [2.45, 2.75) is 24.7 Å². The average molecular weight is 357 g/mol. The highest BCUT2D eigenvalue weighted by Gasteiger charge is 2.07. The molecule has 1 heterocycles. The molecular formula is C19H20N2OS2. The second-order valence-electron chi connectivity index (χ2n) is 5.63. The van der Waals surface area contributed by atoms with Gasteiger partial charge in [-0.3, -0.25) is 4.79 Å². The molecule has 2 aromatic carbocycles. The number of carbonyl (C=O) groups is 1. The lowest BCUT2D eigenvalue weighted by molar-refractivity contribution is -0.117. The summed E-state index contributed by atoms with van der Waals surface area (Å²) in [7, 11) is 1.96. The van der Waals surface area contributed by atoms with Crippen LogP contribution in [0.5, 0.6) is 0 Å². The van der Waals surface area contributed by atoms with Crippen molar-refractivity contribution >= 4 is 39.2 Å². The van der Waals surface area contributed by atoms with Crippen LogP contribution in [-0.4, -0.2) is 16.7 Å². The van der Waals surface area contributed by atoms with Crippen molar-refractivity contribution in [2.24, 2.45) is 12.0 Å². The standard InChI is InChI=1S/C19H20N2OS2/c1-4-13-7-10-16-17(11-13)24-19(21(16)2)20-18(22)12-14-5-8-15(23-3)9-6-14/h5-11H,4,12H2,1-3H3. The summed E-state index contributed by atoms with van der Waals surface area (Å²) in [6.07, 6.45) is 3.39. The fourth-order valence-corrected chi connectivity index (χ4v) is 4.08. The van der Waals surface area contributed by atoms with Crippen LogP contribution < -0.4 is 4.80 Å². The van der Waals surface area contributed by atoms with Gasteiger partial charge in [0.25, 0.3) is 5.91 Å². The van der Waals surface area contributed by atoms with E-state index < -0.39 is 0 Å². The Morgan fingerprint density at radius 3 is 2.54 bits per heavy atom. The van der Waals surface area contributed by atoms with E-state index in [9.17, 15) is 4.79 Å². The summed E-state index contributed by atoms with van der Waals surface area (Å²) in [6, 6.07) is 14.5. The number of fused-ring (bicyclic) bond motifs is 1. The van der Waals surface area contributed by atoms with Crippen LogP contribution in [0.15, 0.2) is 52.4 Å². The molecule has 3 nitrogen and oxygen atoms in total. The molecule has 3 aromatic rings. The van der Waals surface area contributed by atoms with E-state index in [1.54, 1.807) is 23.1 Å². The number of carbonyl (C=O) groups excluding carboxylic acids is 1. The molecule has 0 spiro atoms. The number of nitrogens with zero attached hydrogens (tertiary/aromatic N) is 2. The van der Waals surface area contributed by atoms with Gasteiger partial charge in [-0.1, -0.05) is 36.5 Å². The van der Waals surface area contributed by atoms with Gasteiger partial charge in [0.15, 0.2) is 4.80 Å². The molecule has 5 heteroatoms.